The molecule has 26 heavy (non-hydrogen) atoms. The Balaban J connectivity index is 2.28. The van der Waals surface area contributed by atoms with Crippen molar-refractivity contribution in [2.24, 2.45) is 4.99 Å². The van der Waals surface area contributed by atoms with Crippen LogP contribution < -0.4 is 0 Å². The Kier molecular flexibility index (Phi) is 7.18. The van der Waals surface area contributed by atoms with Crippen molar-refractivity contribution in [3.05, 3.63) is 0 Å². The molecule has 150 valence electrons. The van der Waals surface area contributed by atoms with E-state index in [1.807, 2.05) is 5.16 Å². The van der Waals surface area contributed by atoms with Crippen LogP contribution in [-0.4, -0.2) is 115 Å². The molecule has 10 atom stereocenters. The summed E-state index contributed by atoms with van der Waals surface area (Å²) in [6.45, 7) is -0.0906. The highest BCUT2D eigenvalue weighted by Gasteiger charge is 2.55. The fraction of sp³-hybridized carbons (Fsp3) is 0.929. The molecule has 0 radical (unpaired) electrons. The third-order valence-electron chi connectivity index (χ3n) is 4.56. The van der Waals surface area contributed by atoms with E-state index in [4.69, 9.17) is 14.2 Å². The summed E-state index contributed by atoms with van der Waals surface area (Å²) in [5, 5.41) is 70.7. The van der Waals surface area contributed by atoms with Crippen molar-refractivity contribution >= 4 is 17.4 Å². The second kappa shape index (κ2) is 8.61. The molecule has 0 saturated carbocycles. The lowest BCUT2D eigenvalue weighted by Gasteiger charge is -2.49. The molecule has 2 saturated heterocycles. The minimum atomic E-state index is -1.98. The van der Waals surface area contributed by atoms with Gasteiger partial charge in [-0.3, -0.25) is 0 Å². The van der Waals surface area contributed by atoms with Crippen LogP contribution in [0.3, 0.4) is 0 Å². The summed E-state index contributed by atoms with van der Waals surface area (Å²) in [7, 11) is 0. The molecule has 11 nitrogen and oxygen atoms in total. The summed E-state index contributed by atoms with van der Waals surface area (Å²) in [5.74, 6) is -1.98. The van der Waals surface area contributed by atoms with E-state index in [1.54, 1.807) is 0 Å². The molecule has 0 bridgehead atoms. The molecule has 0 aromatic rings. The lowest BCUT2D eigenvalue weighted by atomic mass is 9.93. The van der Waals surface area contributed by atoms with Crippen molar-refractivity contribution < 1.29 is 50.0 Å². The number of nitrogens with zero attached hydrogens (tertiary/aromatic N) is 1. The van der Waals surface area contributed by atoms with E-state index < -0.39 is 74.1 Å². The first-order valence-corrected chi connectivity index (χ1v) is 8.31. The van der Waals surface area contributed by atoms with Crippen LogP contribution in [0.2, 0.25) is 0 Å². The van der Waals surface area contributed by atoms with Crippen molar-refractivity contribution in [2.45, 2.75) is 67.8 Å². The molecule has 0 amide bonds. The molecule has 10 unspecified atom stereocenters. The number of aliphatic imine (C=N–C) groups is 1. The Morgan fingerprint density at radius 1 is 1.00 bits per heavy atom. The Morgan fingerprint density at radius 2 is 1.58 bits per heavy atom. The van der Waals surface area contributed by atoms with Gasteiger partial charge in [-0.1, -0.05) is 0 Å². The van der Waals surface area contributed by atoms with E-state index >= 15 is 0 Å². The number of thiocarbonyl (C=S) groups is 1. The van der Waals surface area contributed by atoms with Gasteiger partial charge >= 0.3 is 0 Å². The van der Waals surface area contributed by atoms with Gasteiger partial charge in [-0.2, -0.15) is 0 Å². The third-order valence-corrected chi connectivity index (χ3v) is 4.66. The van der Waals surface area contributed by atoms with Crippen LogP contribution in [0.5, 0.6) is 0 Å². The average molecular weight is 397 g/mol. The molecular weight excluding hydrogens is 374 g/mol. The van der Waals surface area contributed by atoms with Crippen molar-refractivity contribution in [1.29, 1.82) is 0 Å². The van der Waals surface area contributed by atoms with Gasteiger partial charge in [-0.15, -0.1) is 0 Å². The lowest BCUT2D eigenvalue weighted by Crippen LogP contribution is -2.68. The smallest absolute Gasteiger partial charge is 0.197 e. The molecule has 0 aliphatic carbocycles. The normalized spacial score (nSPS) is 49.5. The highest BCUT2D eigenvalue weighted by molar-refractivity contribution is 7.78. The van der Waals surface area contributed by atoms with Crippen molar-refractivity contribution in [3.8, 4) is 0 Å². The SMILES string of the molecule is CC1(OC2OC(CO)C(O)C(O)C2N=C=S)OC(CO)C(O)C(O)C1O. The molecule has 2 rings (SSSR count). The summed E-state index contributed by atoms with van der Waals surface area (Å²) in [6, 6.07) is -1.27. The maximum atomic E-state index is 10.2. The van der Waals surface area contributed by atoms with Gasteiger partial charge in [0, 0.05) is 0 Å². The first-order chi connectivity index (χ1) is 12.2. The van der Waals surface area contributed by atoms with Crippen molar-refractivity contribution in [1.82, 2.24) is 0 Å². The number of aliphatic hydroxyl groups is 7. The second-order valence-electron chi connectivity index (χ2n) is 6.32. The molecular formula is C14H23NO10S. The Labute approximate surface area is 154 Å². The number of isothiocyanates is 1. The lowest BCUT2D eigenvalue weighted by molar-refractivity contribution is -0.406. The second-order valence-corrected chi connectivity index (χ2v) is 6.50. The largest absolute Gasteiger partial charge is 0.394 e. The zero-order valence-corrected chi connectivity index (χ0v) is 14.6. The van der Waals surface area contributed by atoms with Gasteiger partial charge in [-0.25, -0.2) is 4.99 Å². The molecule has 0 aromatic heterocycles. The van der Waals surface area contributed by atoms with Gasteiger partial charge in [0.1, 0.15) is 48.8 Å². The number of rotatable bonds is 5. The van der Waals surface area contributed by atoms with Crippen LogP contribution in [0, 0.1) is 0 Å². The zero-order chi connectivity index (χ0) is 19.6. The topological polar surface area (TPSA) is 182 Å². The summed E-state index contributed by atoms with van der Waals surface area (Å²) >= 11 is 4.51. The van der Waals surface area contributed by atoms with Gasteiger partial charge in [0.2, 0.25) is 0 Å². The van der Waals surface area contributed by atoms with E-state index in [9.17, 15) is 35.7 Å². The predicted molar refractivity (Wildman–Crippen MR) is 86.0 cm³/mol. The standard InChI is InChI=1S/C14H23NO10S/c1-14(12(22)11(21)9(19)6(3-17)24-14)25-13-7(15-4-26)10(20)8(18)5(2-16)23-13/h5-13,16-22H,2-3H2,1H3. The summed E-state index contributed by atoms with van der Waals surface area (Å²) in [4.78, 5) is 3.68. The quantitative estimate of drug-likeness (QED) is 0.178. The van der Waals surface area contributed by atoms with E-state index in [-0.39, 0.29) is 0 Å². The molecule has 0 spiro atoms. The van der Waals surface area contributed by atoms with Crippen LogP contribution >= 0.6 is 12.2 Å². The Hall–Kier alpha value is -0.600. The van der Waals surface area contributed by atoms with Gasteiger partial charge in [0.05, 0.1) is 18.4 Å². The Morgan fingerprint density at radius 3 is 2.12 bits per heavy atom. The van der Waals surface area contributed by atoms with E-state index in [0.29, 0.717) is 0 Å². The van der Waals surface area contributed by atoms with Crippen LogP contribution in [0.4, 0.5) is 0 Å². The van der Waals surface area contributed by atoms with Gasteiger partial charge in [0.15, 0.2) is 12.1 Å². The maximum Gasteiger partial charge on any atom is 0.197 e. The molecule has 2 fully saturated rings. The summed E-state index contributed by atoms with van der Waals surface area (Å²) in [5.41, 5.74) is 0. The third kappa shape index (κ3) is 3.97. The molecule has 12 heteroatoms. The number of ether oxygens (including phenoxy) is 3. The van der Waals surface area contributed by atoms with Crippen molar-refractivity contribution in [2.75, 3.05) is 13.2 Å². The van der Waals surface area contributed by atoms with Crippen LogP contribution in [-0.2, 0) is 14.2 Å². The van der Waals surface area contributed by atoms with E-state index in [1.165, 1.54) is 6.92 Å². The van der Waals surface area contributed by atoms with Crippen LogP contribution in [0.1, 0.15) is 6.92 Å². The van der Waals surface area contributed by atoms with Crippen LogP contribution in [0.25, 0.3) is 0 Å². The fourth-order valence-electron chi connectivity index (χ4n) is 2.99. The van der Waals surface area contributed by atoms with E-state index in [0.717, 1.165) is 0 Å². The average Bonchev–Trinajstić information content (AvgIpc) is 2.62. The highest BCUT2D eigenvalue weighted by Crippen LogP contribution is 2.35. The predicted octanol–water partition coefficient (Wildman–Crippen LogP) is -3.90. The van der Waals surface area contributed by atoms with Crippen molar-refractivity contribution in [3.63, 3.8) is 0 Å². The molecule has 2 heterocycles. The highest BCUT2D eigenvalue weighted by atomic mass is 32.1. The van der Waals surface area contributed by atoms with Gasteiger partial charge in [-0.05, 0) is 19.1 Å². The summed E-state index contributed by atoms with van der Waals surface area (Å²) < 4.78 is 16.3. The van der Waals surface area contributed by atoms with Gasteiger partial charge < -0.3 is 50.0 Å². The number of hydrogen-bond acceptors (Lipinski definition) is 12. The molecule has 2 aliphatic rings. The van der Waals surface area contributed by atoms with Gasteiger partial charge in [0.25, 0.3) is 0 Å². The zero-order valence-electron chi connectivity index (χ0n) is 13.8. The first kappa shape index (κ1) is 21.7. The minimum absolute atomic E-state index is 0.646. The minimum Gasteiger partial charge on any atom is -0.394 e. The fourth-order valence-corrected chi connectivity index (χ4v) is 3.11. The maximum absolute atomic E-state index is 10.2. The first-order valence-electron chi connectivity index (χ1n) is 7.90. The number of hydrogen-bond donors (Lipinski definition) is 7. The Bertz CT molecular complexity index is 532. The van der Waals surface area contributed by atoms with Crippen LogP contribution in [0.15, 0.2) is 4.99 Å². The van der Waals surface area contributed by atoms with E-state index in [2.05, 4.69) is 17.2 Å². The molecule has 7 N–H and O–H groups in total. The number of aliphatic hydroxyl groups excluding tert-OH is 7. The summed E-state index contributed by atoms with van der Waals surface area (Å²) in [6.07, 6.45) is -12.0. The molecule has 0 aromatic carbocycles. The molecule has 2 aliphatic heterocycles. The monoisotopic (exact) mass is 397 g/mol.